The first-order valence-corrected chi connectivity index (χ1v) is 5.99. The zero-order valence-electron chi connectivity index (χ0n) is 10.5. The molecule has 2 N–H and O–H groups in total. The van der Waals surface area contributed by atoms with Gasteiger partial charge < -0.3 is 10.4 Å². The van der Waals surface area contributed by atoms with E-state index in [0.717, 1.165) is 19.3 Å². The average molecular weight is 229 g/mol. The maximum absolute atomic E-state index is 11.4. The first-order valence-electron chi connectivity index (χ1n) is 5.99. The third-order valence-electron chi connectivity index (χ3n) is 2.35. The Kier molecular flexibility index (Phi) is 7.60. The topological polar surface area (TPSA) is 66.4 Å². The Morgan fingerprint density at radius 2 is 1.88 bits per heavy atom. The molecule has 0 fully saturated rings. The van der Waals surface area contributed by atoms with Crippen LogP contribution in [0.15, 0.2) is 0 Å². The molecule has 0 unspecified atom stereocenters. The molecular weight excluding hydrogens is 206 g/mol. The van der Waals surface area contributed by atoms with Crippen molar-refractivity contribution in [2.45, 2.75) is 58.9 Å². The number of carbonyl (C=O) groups is 2. The van der Waals surface area contributed by atoms with Gasteiger partial charge in [-0.1, -0.05) is 33.6 Å². The maximum atomic E-state index is 11.4. The van der Waals surface area contributed by atoms with Gasteiger partial charge in [0.2, 0.25) is 5.91 Å². The van der Waals surface area contributed by atoms with Gasteiger partial charge in [-0.25, -0.2) is 4.79 Å². The summed E-state index contributed by atoms with van der Waals surface area (Å²) in [6.45, 7) is 5.95. The van der Waals surface area contributed by atoms with E-state index in [1.54, 1.807) is 0 Å². The van der Waals surface area contributed by atoms with E-state index in [2.05, 4.69) is 12.2 Å². The molecule has 1 amide bonds. The second-order valence-corrected chi connectivity index (χ2v) is 4.54. The third kappa shape index (κ3) is 7.26. The Bertz CT molecular complexity index is 226. The van der Waals surface area contributed by atoms with Gasteiger partial charge >= 0.3 is 5.97 Å². The largest absolute Gasteiger partial charge is 0.480 e. The average Bonchev–Trinajstić information content (AvgIpc) is 2.16. The molecule has 0 saturated carbocycles. The van der Waals surface area contributed by atoms with E-state index >= 15 is 0 Å². The minimum absolute atomic E-state index is 0.151. The molecule has 16 heavy (non-hydrogen) atoms. The zero-order chi connectivity index (χ0) is 12.6. The Morgan fingerprint density at radius 1 is 1.25 bits per heavy atom. The number of nitrogens with one attached hydrogen (secondary N) is 1. The SMILES string of the molecule is CCCCCC(=O)N[C@H](CC(C)C)C(=O)O. The number of carboxylic acid groups (broad SMARTS) is 1. The molecule has 4 nitrogen and oxygen atoms in total. The van der Waals surface area contributed by atoms with E-state index in [4.69, 9.17) is 5.11 Å². The van der Waals surface area contributed by atoms with Gasteiger partial charge in [0.1, 0.15) is 6.04 Å². The second kappa shape index (κ2) is 8.13. The van der Waals surface area contributed by atoms with E-state index in [9.17, 15) is 9.59 Å². The summed E-state index contributed by atoms with van der Waals surface area (Å²) in [5.41, 5.74) is 0. The summed E-state index contributed by atoms with van der Waals surface area (Å²) >= 11 is 0. The zero-order valence-corrected chi connectivity index (χ0v) is 10.5. The molecule has 0 heterocycles. The predicted molar refractivity (Wildman–Crippen MR) is 63.2 cm³/mol. The number of carboxylic acids is 1. The lowest BCUT2D eigenvalue weighted by Gasteiger charge is -2.16. The molecule has 0 spiro atoms. The fourth-order valence-electron chi connectivity index (χ4n) is 1.49. The van der Waals surface area contributed by atoms with Crippen LogP contribution in [-0.4, -0.2) is 23.0 Å². The third-order valence-corrected chi connectivity index (χ3v) is 2.35. The van der Waals surface area contributed by atoms with Crippen LogP contribution in [0.4, 0.5) is 0 Å². The summed E-state index contributed by atoms with van der Waals surface area (Å²) in [6, 6.07) is -0.742. The molecule has 94 valence electrons. The number of hydrogen-bond donors (Lipinski definition) is 2. The van der Waals surface area contributed by atoms with Gasteiger partial charge in [0, 0.05) is 6.42 Å². The van der Waals surface area contributed by atoms with E-state index < -0.39 is 12.0 Å². The molecule has 1 atom stereocenters. The summed E-state index contributed by atoms with van der Waals surface area (Å²) in [7, 11) is 0. The van der Waals surface area contributed by atoms with Crippen molar-refractivity contribution in [2.24, 2.45) is 5.92 Å². The van der Waals surface area contributed by atoms with Crippen LogP contribution in [-0.2, 0) is 9.59 Å². The van der Waals surface area contributed by atoms with Crippen LogP contribution in [0, 0.1) is 5.92 Å². The highest BCUT2D eigenvalue weighted by atomic mass is 16.4. The molecule has 0 radical (unpaired) electrons. The van der Waals surface area contributed by atoms with E-state index in [0.29, 0.717) is 12.8 Å². The van der Waals surface area contributed by atoms with E-state index in [1.807, 2.05) is 13.8 Å². The Morgan fingerprint density at radius 3 is 2.31 bits per heavy atom. The van der Waals surface area contributed by atoms with Gasteiger partial charge in [-0.3, -0.25) is 4.79 Å². The van der Waals surface area contributed by atoms with Crippen LogP contribution in [0.25, 0.3) is 0 Å². The number of carbonyl (C=O) groups excluding carboxylic acids is 1. The quantitative estimate of drug-likeness (QED) is 0.627. The molecule has 0 aliphatic rings. The van der Waals surface area contributed by atoms with Crippen LogP contribution in [0.2, 0.25) is 0 Å². The Labute approximate surface area is 97.4 Å². The summed E-state index contributed by atoms with van der Waals surface area (Å²) in [5, 5.41) is 11.5. The number of amides is 1. The maximum Gasteiger partial charge on any atom is 0.326 e. The number of unbranched alkanes of at least 4 members (excludes halogenated alkanes) is 2. The highest BCUT2D eigenvalue weighted by Gasteiger charge is 2.20. The second-order valence-electron chi connectivity index (χ2n) is 4.54. The predicted octanol–water partition coefficient (Wildman–Crippen LogP) is 2.18. The molecule has 0 bridgehead atoms. The van der Waals surface area contributed by atoms with E-state index in [-0.39, 0.29) is 11.8 Å². The van der Waals surface area contributed by atoms with Crippen molar-refractivity contribution in [3.05, 3.63) is 0 Å². The molecule has 0 aromatic carbocycles. The van der Waals surface area contributed by atoms with Crippen LogP contribution >= 0.6 is 0 Å². The van der Waals surface area contributed by atoms with Crippen molar-refractivity contribution < 1.29 is 14.7 Å². The van der Waals surface area contributed by atoms with Crippen molar-refractivity contribution in [3.8, 4) is 0 Å². The lowest BCUT2D eigenvalue weighted by molar-refractivity contribution is -0.142. The lowest BCUT2D eigenvalue weighted by Crippen LogP contribution is -2.41. The Balaban J connectivity index is 3.98. The smallest absolute Gasteiger partial charge is 0.326 e. The summed E-state index contributed by atoms with van der Waals surface area (Å²) in [5.74, 6) is -0.837. The first-order chi connectivity index (χ1) is 7.47. The van der Waals surface area contributed by atoms with Crippen LogP contribution in [0.5, 0.6) is 0 Å². The molecule has 0 aromatic rings. The van der Waals surface area contributed by atoms with Crippen molar-refractivity contribution in [1.82, 2.24) is 5.32 Å². The molecule has 0 aromatic heterocycles. The molecular formula is C12H23NO3. The summed E-state index contributed by atoms with van der Waals surface area (Å²) < 4.78 is 0. The fraction of sp³-hybridized carbons (Fsp3) is 0.833. The van der Waals surface area contributed by atoms with Crippen LogP contribution in [0.3, 0.4) is 0 Å². The summed E-state index contributed by atoms with van der Waals surface area (Å²) in [6.07, 6.45) is 3.80. The normalized spacial score (nSPS) is 12.5. The summed E-state index contributed by atoms with van der Waals surface area (Å²) in [4.78, 5) is 22.3. The standard InChI is InChI=1S/C12H23NO3/c1-4-5-6-7-11(14)13-10(12(15)16)8-9(2)3/h9-10H,4-8H2,1-3H3,(H,13,14)(H,15,16)/t10-/m1/s1. The molecule has 4 heteroatoms. The molecule has 0 rings (SSSR count). The fourth-order valence-corrected chi connectivity index (χ4v) is 1.49. The highest BCUT2D eigenvalue weighted by molar-refractivity contribution is 5.83. The molecule has 0 saturated heterocycles. The van der Waals surface area contributed by atoms with Gasteiger partial charge in [0.05, 0.1) is 0 Å². The molecule has 0 aliphatic carbocycles. The number of aliphatic carboxylic acids is 1. The minimum Gasteiger partial charge on any atom is -0.480 e. The van der Waals surface area contributed by atoms with Crippen LogP contribution < -0.4 is 5.32 Å². The number of rotatable bonds is 8. The Hall–Kier alpha value is -1.06. The van der Waals surface area contributed by atoms with Crippen LogP contribution in [0.1, 0.15) is 52.9 Å². The van der Waals surface area contributed by atoms with Gasteiger partial charge in [-0.05, 0) is 18.8 Å². The number of hydrogen-bond acceptors (Lipinski definition) is 2. The van der Waals surface area contributed by atoms with Crippen molar-refractivity contribution in [1.29, 1.82) is 0 Å². The first kappa shape index (κ1) is 14.9. The monoisotopic (exact) mass is 229 g/mol. The van der Waals surface area contributed by atoms with Crippen molar-refractivity contribution in [2.75, 3.05) is 0 Å². The highest BCUT2D eigenvalue weighted by Crippen LogP contribution is 2.06. The van der Waals surface area contributed by atoms with Gasteiger partial charge in [0.15, 0.2) is 0 Å². The lowest BCUT2D eigenvalue weighted by atomic mass is 10.0. The minimum atomic E-state index is -0.947. The van der Waals surface area contributed by atoms with E-state index in [1.165, 1.54) is 0 Å². The van der Waals surface area contributed by atoms with Gasteiger partial charge in [0.25, 0.3) is 0 Å². The van der Waals surface area contributed by atoms with Crippen molar-refractivity contribution >= 4 is 11.9 Å². The molecule has 0 aliphatic heterocycles. The van der Waals surface area contributed by atoms with Gasteiger partial charge in [-0.2, -0.15) is 0 Å². The van der Waals surface area contributed by atoms with Gasteiger partial charge in [-0.15, -0.1) is 0 Å². The van der Waals surface area contributed by atoms with Crippen molar-refractivity contribution in [3.63, 3.8) is 0 Å².